The Morgan fingerprint density at radius 1 is 0.396 bits per heavy atom. The van der Waals surface area contributed by atoms with Crippen LogP contribution in [0.2, 0.25) is 0 Å². The molecule has 0 fully saturated rings. The van der Waals surface area contributed by atoms with E-state index in [0.29, 0.717) is 0 Å². The topological polar surface area (TPSA) is 0 Å². The zero-order valence-corrected chi connectivity index (χ0v) is 31.3. The summed E-state index contributed by atoms with van der Waals surface area (Å²) in [7, 11) is 0. The van der Waals surface area contributed by atoms with E-state index in [1.165, 1.54) is 66.1 Å². The summed E-state index contributed by atoms with van der Waals surface area (Å²) in [4.78, 5) is 0. The van der Waals surface area contributed by atoms with Crippen LogP contribution in [0.3, 0.4) is 0 Å². The molecule has 8 rings (SSSR count). The van der Waals surface area contributed by atoms with Crippen LogP contribution in [0.4, 0.5) is 0 Å². The van der Waals surface area contributed by atoms with Crippen molar-refractivity contribution in [3.05, 3.63) is 219 Å². The van der Waals surface area contributed by atoms with Crippen LogP contribution in [0.25, 0.3) is 43.8 Å². The molecule has 1 heteroatoms. The number of fused-ring (bicyclic) bond motifs is 2. The van der Waals surface area contributed by atoms with Crippen molar-refractivity contribution in [1.29, 1.82) is 0 Å². The minimum absolute atomic E-state index is 0. The van der Waals surface area contributed by atoms with Crippen LogP contribution in [-0.2, 0) is 44.1 Å². The van der Waals surface area contributed by atoms with Crippen molar-refractivity contribution in [1.82, 2.24) is 0 Å². The molecule has 0 radical (unpaired) electrons. The molecule has 0 aromatic heterocycles. The predicted octanol–water partition coefficient (Wildman–Crippen LogP) is 12.4. The zero-order chi connectivity index (χ0) is 30.1. The van der Waals surface area contributed by atoms with Crippen LogP contribution in [0.15, 0.2) is 182 Å². The molecule has 0 aliphatic carbocycles. The summed E-state index contributed by atoms with van der Waals surface area (Å²) in [6.45, 7) is 0. The molecular formula is C47H40Hf. The van der Waals surface area contributed by atoms with Gasteiger partial charge in [0.05, 0.1) is 0 Å². The Morgan fingerprint density at radius 2 is 0.750 bits per heavy atom. The van der Waals surface area contributed by atoms with Crippen molar-refractivity contribution in [2.45, 2.75) is 18.3 Å². The normalized spacial score (nSPS) is 11.0. The number of rotatable bonds is 8. The Bertz CT molecular complexity index is 2030. The third-order valence-electron chi connectivity index (χ3n) is 9.47. The van der Waals surface area contributed by atoms with Crippen LogP contribution >= 0.6 is 0 Å². The maximum Gasteiger partial charge on any atom is 4.00 e. The van der Waals surface area contributed by atoms with Gasteiger partial charge in [0.25, 0.3) is 0 Å². The fraction of sp³-hybridized carbons (Fsp3) is 0.0638. The number of hydrogen-bond acceptors (Lipinski definition) is 0. The number of hydrogen-bond donors (Lipinski definition) is 0. The van der Waals surface area contributed by atoms with Gasteiger partial charge in [-0.3, -0.25) is 0 Å². The van der Waals surface area contributed by atoms with Crippen molar-refractivity contribution in [3.8, 4) is 22.3 Å². The van der Waals surface area contributed by atoms with Crippen LogP contribution in [0.1, 0.15) is 22.3 Å². The fourth-order valence-corrected chi connectivity index (χ4v) is 7.29. The Balaban J connectivity index is 0.00000150. The summed E-state index contributed by atoms with van der Waals surface area (Å²) in [6, 6.07) is 67.0. The summed E-state index contributed by atoms with van der Waals surface area (Å²) in [5, 5.41) is 5.20. The first-order valence-electron chi connectivity index (χ1n) is 15.9. The molecule has 8 aromatic carbocycles. The largest absolute Gasteiger partial charge is 4.00 e. The second-order valence-electron chi connectivity index (χ2n) is 12.2. The molecule has 0 aliphatic heterocycles. The van der Waals surface area contributed by atoms with Gasteiger partial charge in [-0.2, -0.15) is 12.1 Å². The molecule has 0 nitrogen and oxygen atoms in total. The predicted molar refractivity (Wildman–Crippen MR) is 204 cm³/mol. The molecule has 0 saturated heterocycles. The summed E-state index contributed by atoms with van der Waals surface area (Å²) in [5.74, 6) is 0. The van der Waals surface area contributed by atoms with Gasteiger partial charge in [-0.1, -0.05) is 145 Å². The van der Waals surface area contributed by atoms with Crippen LogP contribution in [0, 0.1) is 14.9 Å². The molecule has 0 saturated carbocycles. The van der Waals surface area contributed by atoms with Gasteiger partial charge in [0.15, 0.2) is 0 Å². The molecule has 0 aliphatic rings. The van der Waals surface area contributed by atoms with E-state index in [1.54, 1.807) is 0 Å². The van der Waals surface area contributed by atoms with E-state index in [1.807, 2.05) is 0 Å². The maximum absolute atomic E-state index is 2.49. The minimum atomic E-state index is -0.289. The van der Waals surface area contributed by atoms with Gasteiger partial charge in [0.2, 0.25) is 0 Å². The summed E-state index contributed by atoms with van der Waals surface area (Å²) >= 11 is 0. The third-order valence-corrected chi connectivity index (χ3v) is 9.47. The molecule has 48 heavy (non-hydrogen) atoms. The van der Waals surface area contributed by atoms with E-state index in [0.717, 1.165) is 12.8 Å². The Morgan fingerprint density at radius 3 is 1.12 bits per heavy atom. The SMILES string of the molecule is [CH3-].[CH3-].[Hf+4].c1ccc(CC(Cc2ccccc2)(c2cc3c(-c4ccccc4)cccc3[cH-]2)c2cc3c(-c4ccccc4)cccc3[cH-]2)cc1. The standard InChI is InChI=1S/C45H34.2CH3.Hf/c1-5-15-33(16-6-1)31-45(32-34-17-7-2-8-18-34,39-27-37-23-13-25-41(43(37)29-39)35-19-9-3-10-20-35)40-28-38-24-14-26-42(44(38)30-40)36-21-11-4-12-22-36;;;/h1-30H,31-32H2;2*1H3;/q-2;2*-1;+4. The molecule has 0 amide bonds. The first kappa shape index (κ1) is 34.7. The van der Waals surface area contributed by atoms with Gasteiger partial charge in [0, 0.05) is 0 Å². The van der Waals surface area contributed by atoms with E-state index in [4.69, 9.17) is 0 Å². The molecule has 0 unspecified atom stereocenters. The van der Waals surface area contributed by atoms with E-state index < -0.39 is 0 Å². The monoisotopic (exact) mass is 784 g/mol. The van der Waals surface area contributed by atoms with E-state index in [-0.39, 0.29) is 46.1 Å². The third kappa shape index (κ3) is 6.58. The first-order chi connectivity index (χ1) is 22.3. The molecule has 0 N–H and O–H groups in total. The second kappa shape index (κ2) is 15.1. The summed E-state index contributed by atoms with van der Waals surface area (Å²) in [5.41, 5.74) is 10.2. The molecule has 0 atom stereocenters. The molecule has 0 bridgehead atoms. The van der Waals surface area contributed by atoms with Crippen molar-refractivity contribution in [2.24, 2.45) is 0 Å². The zero-order valence-electron chi connectivity index (χ0n) is 27.7. The molecule has 232 valence electrons. The minimum Gasteiger partial charge on any atom is -0.358 e. The molecule has 8 aromatic rings. The summed E-state index contributed by atoms with van der Waals surface area (Å²) < 4.78 is 0. The van der Waals surface area contributed by atoms with E-state index in [9.17, 15) is 0 Å². The van der Waals surface area contributed by atoms with Crippen molar-refractivity contribution >= 4 is 21.5 Å². The van der Waals surface area contributed by atoms with Gasteiger partial charge in [-0.05, 0) is 40.5 Å². The van der Waals surface area contributed by atoms with Crippen molar-refractivity contribution in [2.75, 3.05) is 0 Å². The average Bonchev–Trinajstić information content (AvgIpc) is 3.75. The second-order valence-corrected chi connectivity index (χ2v) is 12.2. The van der Waals surface area contributed by atoms with Crippen molar-refractivity contribution in [3.63, 3.8) is 0 Å². The van der Waals surface area contributed by atoms with Gasteiger partial charge in [0.1, 0.15) is 0 Å². The van der Waals surface area contributed by atoms with Gasteiger partial charge in [-0.25, -0.2) is 0 Å². The smallest absolute Gasteiger partial charge is 0.358 e. The van der Waals surface area contributed by atoms with Crippen LogP contribution in [0.5, 0.6) is 0 Å². The summed E-state index contributed by atoms with van der Waals surface area (Å²) in [6.07, 6.45) is 1.80. The maximum atomic E-state index is 2.49. The first-order valence-corrected chi connectivity index (χ1v) is 15.9. The Labute approximate surface area is 305 Å². The van der Waals surface area contributed by atoms with Crippen LogP contribution < -0.4 is 0 Å². The average molecular weight is 783 g/mol. The van der Waals surface area contributed by atoms with E-state index >= 15 is 0 Å². The molecule has 0 spiro atoms. The number of benzene rings is 6. The van der Waals surface area contributed by atoms with Gasteiger partial charge >= 0.3 is 25.8 Å². The van der Waals surface area contributed by atoms with Gasteiger partial charge < -0.3 is 14.9 Å². The Kier molecular flexibility index (Phi) is 10.9. The Hall–Kier alpha value is -4.59. The van der Waals surface area contributed by atoms with Gasteiger partial charge in [-0.15, -0.1) is 69.1 Å². The van der Waals surface area contributed by atoms with Crippen LogP contribution in [-0.4, -0.2) is 0 Å². The molecule has 0 heterocycles. The fourth-order valence-electron chi connectivity index (χ4n) is 7.29. The quantitative estimate of drug-likeness (QED) is 0.106. The van der Waals surface area contributed by atoms with Crippen molar-refractivity contribution < 1.29 is 25.8 Å². The molecular weight excluding hydrogens is 743 g/mol. The van der Waals surface area contributed by atoms with E-state index in [2.05, 4.69) is 182 Å².